The Morgan fingerprint density at radius 1 is 1.62 bits per heavy atom. The van der Waals surface area contributed by atoms with E-state index >= 15 is 0 Å². The molecule has 0 radical (unpaired) electrons. The van der Waals surface area contributed by atoms with E-state index in [4.69, 9.17) is 10.5 Å². The Morgan fingerprint density at radius 3 is 3.31 bits per heavy atom. The molecule has 3 N–H and O–H groups in total. The van der Waals surface area contributed by atoms with Gasteiger partial charge in [-0.3, -0.25) is 0 Å². The van der Waals surface area contributed by atoms with Gasteiger partial charge in [-0.1, -0.05) is 12.2 Å². The highest BCUT2D eigenvalue weighted by Crippen LogP contribution is 2.20. The molecular weight excluding hydrogens is 164 g/mol. The van der Waals surface area contributed by atoms with Crippen LogP contribution < -0.4 is 11.1 Å². The number of fused-ring (bicyclic) bond motifs is 1. The Kier molecular flexibility index (Phi) is 1.88. The van der Waals surface area contributed by atoms with E-state index in [1.165, 1.54) is 0 Å². The van der Waals surface area contributed by atoms with E-state index < -0.39 is 0 Å². The quantitative estimate of drug-likeness (QED) is 0.573. The van der Waals surface area contributed by atoms with Gasteiger partial charge in [0.15, 0.2) is 0 Å². The standard InChI is InChI=1S/C10H14N2O/c1-10(11)4-2-3-9-8(7-10)12-5-6-13-9/h2-4,7,12H,5-6,11H2,1H3. The Labute approximate surface area is 77.9 Å². The molecule has 1 fully saturated rings. The molecule has 1 atom stereocenters. The smallest absolute Gasteiger partial charge is 0.142 e. The molecule has 1 heterocycles. The van der Waals surface area contributed by atoms with Crippen LogP contribution >= 0.6 is 0 Å². The first-order valence-corrected chi connectivity index (χ1v) is 4.46. The largest absolute Gasteiger partial charge is 0.490 e. The van der Waals surface area contributed by atoms with Crippen LogP contribution in [0.2, 0.25) is 0 Å². The molecule has 0 aromatic heterocycles. The third-order valence-corrected chi connectivity index (χ3v) is 2.10. The van der Waals surface area contributed by atoms with Crippen molar-refractivity contribution in [2.24, 2.45) is 5.73 Å². The van der Waals surface area contributed by atoms with Gasteiger partial charge in [0.25, 0.3) is 0 Å². The van der Waals surface area contributed by atoms with Crippen molar-refractivity contribution in [3.8, 4) is 0 Å². The van der Waals surface area contributed by atoms with Gasteiger partial charge in [0.05, 0.1) is 11.2 Å². The highest BCUT2D eigenvalue weighted by molar-refractivity contribution is 5.37. The third-order valence-electron chi connectivity index (χ3n) is 2.10. The van der Waals surface area contributed by atoms with E-state index in [0.717, 1.165) is 24.6 Å². The Morgan fingerprint density at radius 2 is 2.46 bits per heavy atom. The molecule has 2 rings (SSSR count). The van der Waals surface area contributed by atoms with Crippen molar-refractivity contribution in [2.45, 2.75) is 12.5 Å². The summed E-state index contributed by atoms with van der Waals surface area (Å²) >= 11 is 0. The van der Waals surface area contributed by atoms with Gasteiger partial charge in [0.2, 0.25) is 0 Å². The molecule has 0 amide bonds. The Balaban J connectivity index is 2.34. The average molecular weight is 178 g/mol. The highest BCUT2D eigenvalue weighted by atomic mass is 16.5. The molecule has 1 aliphatic heterocycles. The molecule has 1 saturated heterocycles. The van der Waals surface area contributed by atoms with E-state index in [2.05, 4.69) is 5.32 Å². The molecule has 0 spiro atoms. The van der Waals surface area contributed by atoms with Crippen molar-refractivity contribution in [1.29, 1.82) is 0 Å². The first-order chi connectivity index (χ1) is 6.17. The average Bonchev–Trinajstić information content (AvgIpc) is 2.21. The summed E-state index contributed by atoms with van der Waals surface area (Å²) in [5.41, 5.74) is 6.61. The fourth-order valence-electron chi connectivity index (χ4n) is 1.47. The summed E-state index contributed by atoms with van der Waals surface area (Å²) in [5.74, 6) is 0.886. The summed E-state index contributed by atoms with van der Waals surface area (Å²) in [5, 5.41) is 3.26. The molecule has 2 aliphatic rings. The van der Waals surface area contributed by atoms with Crippen LogP contribution in [-0.2, 0) is 4.74 Å². The zero-order valence-corrected chi connectivity index (χ0v) is 7.71. The monoisotopic (exact) mass is 178 g/mol. The summed E-state index contributed by atoms with van der Waals surface area (Å²) in [7, 11) is 0. The lowest BCUT2D eigenvalue weighted by Gasteiger charge is -2.23. The maximum absolute atomic E-state index is 5.99. The number of nitrogens with two attached hydrogens (primary N) is 1. The summed E-state index contributed by atoms with van der Waals surface area (Å²) < 4.78 is 5.48. The van der Waals surface area contributed by atoms with Crippen molar-refractivity contribution in [1.82, 2.24) is 5.32 Å². The number of ether oxygens (including phenoxy) is 1. The second-order valence-electron chi connectivity index (χ2n) is 3.59. The second kappa shape index (κ2) is 2.92. The number of rotatable bonds is 0. The van der Waals surface area contributed by atoms with Gasteiger partial charge in [-0.25, -0.2) is 0 Å². The summed E-state index contributed by atoms with van der Waals surface area (Å²) in [6.45, 7) is 3.53. The fourth-order valence-corrected chi connectivity index (χ4v) is 1.47. The number of morpholine rings is 1. The van der Waals surface area contributed by atoms with E-state index in [-0.39, 0.29) is 5.54 Å². The minimum absolute atomic E-state index is 0.388. The number of hydrogen-bond acceptors (Lipinski definition) is 3. The minimum atomic E-state index is -0.388. The van der Waals surface area contributed by atoms with Crippen LogP contribution in [0, 0.1) is 0 Å². The van der Waals surface area contributed by atoms with Gasteiger partial charge < -0.3 is 15.8 Å². The Hall–Kier alpha value is -1.22. The van der Waals surface area contributed by atoms with Gasteiger partial charge in [-0.15, -0.1) is 0 Å². The molecule has 0 bridgehead atoms. The van der Waals surface area contributed by atoms with Crippen molar-refractivity contribution < 1.29 is 4.74 Å². The molecule has 1 unspecified atom stereocenters. The predicted molar refractivity (Wildman–Crippen MR) is 51.9 cm³/mol. The summed E-state index contributed by atoms with van der Waals surface area (Å²) in [6.07, 6.45) is 7.82. The van der Waals surface area contributed by atoms with Crippen molar-refractivity contribution >= 4 is 0 Å². The molecule has 0 saturated carbocycles. The van der Waals surface area contributed by atoms with Gasteiger partial charge in [0.1, 0.15) is 12.4 Å². The first kappa shape index (κ1) is 8.38. The molecule has 0 aromatic carbocycles. The molecule has 13 heavy (non-hydrogen) atoms. The lowest BCUT2D eigenvalue weighted by Crippen LogP contribution is -2.34. The zero-order valence-electron chi connectivity index (χ0n) is 7.71. The van der Waals surface area contributed by atoms with Crippen molar-refractivity contribution in [3.05, 3.63) is 35.8 Å². The molecule has 70 valence electrons. The summed E-state index contributed by atoms with van der Waals surface area (Å²) in [4.78, 5) is 0. The van der Waals surface area contributed by atoms with Gasteiger partial charge >= 0.3 is 0 Å². The van der Waals surface area contributed by atoms with Crippen LogP contribution in [0.3, 0.4) is 0 Å². The topological polar surface area (TPSA) is 47.3 Å². The first-order valence-electron chi connectivity index (χ1n) is 4.46. The number of allylic oxidation sites excluding steroid dienone is 2. The van der Waals surface area contributed by atoms with Crippen molar-refractivity contribution in [3.63, 3.8) is 0 Å². The maximum Gasteiger partial charge on any atom is 0.142 e. The van der Waals surface area contributed by atoms with Crippen LogP contribution in [0.4, 0.5) is 0 Å². The molecular formula is C10H14N2O. The lowest BCUT2D eigenvalue weighted by atomic mass is 10.0. The van der Waals surface area contributed by atoms with E-state index in [1.54, 1.807) is 0 Å². The predicted octanol–water partition coefficient (Wildman–Crippen LogP) is 0.661. The summed E-state index contributed by atoms with van der Waals surface area (Å²) in [6, 6.07) is 0. The fraction of sp³-hybridized carbons (Fsp3) is 0.400. The SMILES string of the molecule is CC1(N)C=CC=C2OCCNC2=C1. The highest BCUT2D eigenvalue weighted by Gasteiger charge is 2.19. The molecule has 1 aliphatic carbocycles. The van der Waals surface area contributed by atoms with E-state index in [0.29, 0.717) is 0 Å². The molecule has 3 nitrogen and oxygen atoms in total. The molecule has 3 heteroatoms. The van der Waals surface area contributed by atoms with Crippen LogP contribution in [-0.4, -0.2) is 18.7 Å². The van der Waals surface area contributed by atoms with Crippen LogP contribution in [0.1, 0.15) is 6.92 Å². The maximum atomic E-state index is 5.99. The van der Waals surface area contributed by atoms with Crippen LogP contribution in [0.15, 0.2) is 35.8 Å². The third kappa shape index (κ3) is 1.75. The van der Waals surface area contributed by atoms with E-state index in [1.807, 2.05) is 31.2 Å². The lowest BCUT2D eigenvalue weighted by molar-refractivity contribution is 0.197. The van der Waals surface area contributed by atoms with Gasteiger partial charge in [0, 0.05) is 6.54 Å². The normalized spacial score (nSPS) is 31.8. The minimum Gasteiger partial charge on any atom is -0.490 e. The molecule has 0 aromatic rings. The number of nitrogens with one attached hydrogen (secondary N) is 1. The van der Waals surface area contributed by atoms with E-state index in [9.17, 15) is 0 Å². The Bertz CT molecular complexity index is 300. The zero-order chi connectivity index (χ0) is 9.31. The number of hydrogen-bond donors (Lipinski definition) is 2. The van der Waals surface area contributed by atoms with Crippen LogP contribution in [0.25, 0.3) is 0 Å². The van der Waals surface area contributed by atoms with Gasteiger partial charge in [-0.2, -0.15) is 0 Å². The second-order valence-corrected chi connectivity index (χ2v) is 3.59. The van der Waals surface area contributed by atoms with Crippen LogP contribution in [0.5, 0.6) is 0 Å². The van der Waals surface area contributed by atoms with Gasteiger partial charge in [-0.05, 0) is 19.1 Å². The van der Waals surface area contributed by atoms with Crippen molar-refractivity contribution in [2.75, 3.05) is 13.2 Å².